The summed E-state index contributed by atoms with van der Waals surface area (Å²) in [4.78, 5) is 5.41. The highest BCUT2D eigenvalue weighted by atomic mass is 16.7. The SMILES string of the molecule is CCCCCCCCNOC(C)(C)C. The third kappa shape index (κ3) is 11.9. The summed E-state index contributed by atoms with van der Waals surface area (Å²) in [6, 6.07) is 0. The fourth-order valence-electron chi connectivity index (χ4n) is 1.25. The Morgan fingerprint density at radius 1 is 0.929 bits per heavy atom. The summed E-state index contributed by atoms with van der Waals surface area (Å²) in [5, 5.41) is 0. The van der Waals surface area contributed by atoms with Crippen molar-refractivity contribution in [3.05, 3.63) is 0 Å². The first-order valence-corrected chi connectivity index (χ1v) is 5.97. The van der Waals surface area contributed by atoms with E-state index >= 15 is 0 Å². The second-order valence-corrected chi connectivity index (χ2v) is 4.88. The third-order valence-corrected chi connectivity index (χ3v) is 2.01. The van der Waals surface area contributed by atoms with E-state index in [2.05, 4.69) is 33.2 Å². The molecule has 0 spiro atoms. The van der Waals surface area contributed by atoms with E-state index in [0.29, 0.717) is 0 Å². The van der Waals surface area contributed by atoms with Gasteiger partial charge in [-0.25, -0.2) is 5.48 Å². The summed E-state index contributed by atoms with van der Waals surface area (Å²) in [7, 11) is 0. The number of rotatable bonds is 8. The van der Waals surface area contributed by atoms with Gasteiger partial charge in [-0.3, -0.25) is 4.84 Å². The zero-order valence-electron chi connectivity index (χ0n) is 10.4. The minimum atomic E-state index is -0.0673. The molecule has 0 unspecified atom stereocenters. The first kappa shape index (κ1) is 13.9. The predicted octanol–water partition coefficient (Wildman–Crippen LogP) is 3.67. The van der Waals surface area contributed by atoms with Gasteiger partial charge in [-0.15, -0.1) is 0 Å². The van der Waals surface area contributed by atoms with Crippen LogP contribution in [0.4, 0.5) is 0 Å². The van der Waals surface area contributed by atoms with E-state index < -0.39 is 0 Å². The molecule has 0 aliphatic rings. The monoisotopic (exact) mass is 201 g/mol. The first-order chi connectivity index (χ1) is 6.56. The highest BCUT2D eigenvalue weighted by Crippen LogP contribution is 2.06. The van der Waals surface area contributed by atoms with E-state index in [1.807, 2.05) is 0 Å². The van der Waals surface area contributed by atoms with Gasteiger partial charge in [-0.1, -0.05) is 39.0 Å². The largest absolute Gasteiger partial charge is 0.296 e. The Bertz CT molecular complexity index is 118. The second-order valence-electron chi connectivity index (χ2n) is 4.88. The van der Waals surface area contributed by atoms with E-state index in [1.54, 1.807) is 0 Å². The van der Waals surface area contributed by atoms with Gasteiger partial charge in [0.05, 0.1) is 5.60 Å². The van der Waals surface area contributed by atoms with Crippen molar-refractivity contribution in [2.45, 2.75) is 71.8 Å². The van der Waals surface area contributed by atoms with Crippen LogP contribution in [0.1, 0.15) is 66.2 Å². The van der Waals surface area contributed by atoms with Gasteiger partial charge in [0, 0.05) is 6.54 Å². The van der Waals surface area contributed by atoms with Crippen molar-refractivity contribution in [2.75, 3.05) is 6.54 Å². The molecular formula is C12H27NO. The van der Waals surface area contributed by atoms with E-state index in [-0.39, 0.29) is 5.60 Å². The lowest BCUT2D eigenvalue weighted by Gasteiger charge is -2.19. The van der Waals surface area contributed by atoms with Crippen molar-refractivity contribution in [2.24, 2.45) is 0 Å². The van der Waals surface area contributed by atoms with E-state index in [4.69, 9.17) is 4.84 Å². The Hall–Kier alpha value is -0.0800. The van der Waals surface area contributed by atoms with E-state index in [1.165, 1.54) is 38.5 Å². The average molecular weight is 201 g/mol. The molecule has 0 atom stereocenters. The van der Waals surface area contributed by atoms with Crippen molar-refractivity contribution in [3.8, 4) is 0 Å². The first-order valence-electron chi connectivity index (χ1n) is 5.97. The number of nitrogens with one attached hydrogen (secondary N) is 1. The summed E-state index contributed by atoms with van der Waals surface area (Å²) in [6.07, 6.45) is 8.00. The Morgan fingerprint density at radius 3 is 2.07 bits per heavy atom. The molecule has 14 heavy (non-hydrogen) atoms. The van der Waals surface area contributed by atoms with Gasteiger partial charge in [-0.05, 0) is 27.2 Å². The van der Waals surface area contributed by atoms with Crippen LogP contribution in [0, 0.1) is 0 Å². The van der Waals surface area contributed by atoms with Gasteiger partial charge in [0.15, 0.2) is 0 Å². The smallest absolute Gasteiger partial charge is 0.0812 e. The summed E-state index contributed by atoms with van der Waals surface area (Å²) < 4.78 is 0. The predicted molar refractivity (Wildman–Crippen MR) is 62.2 cm³/mol. The van der Waals surface area contributed by atoms with Crippen molar-refractivity contribution >= 4 is 0 Å². The summed E-state index contributed by atoms with van der Waals surface area (Å²) in [6.45, 7) is 9.39. The van der Waals surface area contributed by atoms with Crippen molar-refractivity contribution < 1.29 is 4.84 Å². The molecule has 0 fully saturated rings. The standard InChI is InChI=1S/C12H27NO/c1-5-6-7-8-9-10-11-13-14-12(2,3)4/h13H,5-11H2,1-4H3. The topological polar surface area (TPSA) is 21.3 Å². The van der Waals surface area contributed by atoms with Gasteiger partial charge >= 0.3 is 0 Å². The van der Waals surface area contributed by atoms with E-state index in [0.717, 1.165) is 6.54 Å². The van der Waals surface area contributed by atoms with Crippen LogP contribution in [-0.2, 0) is 4.84 Å². The molecule has 2 nitrogen and oxygen atoms in total. The lowest BCUT2D eigenvalue weighted by atomic mass is 10.1. The van der Waals surface area contributed by atoms with Crippen molar-refractivity contribution in [1.29, 1.82) is 0 Å². The van der Waals surface area contributed by atoms with Crippen LogP contribution in [0.25, 0.3) is 0 Å². The van der Waals surface area contributed by atoms with Crippen LogP contribution < -0.4 is 5.48 Å². The van der Waals surface area contributed by atoms with Gasteiger partial charge < -0.3 is 0 Å². The van der Waals surface area contributed by atoms with Crippen LogP contribution in [0.2, 0.25) is 0 Å². The summed E-state index contributed by atoms with van der Waals surface area (Å²) >= 11 is 0. The number of hydrogen-bond acceptors (Lipinski definition) is 2. The summed E-state index contributed by atoms with van der Waals surface area (Å²) in [5.41, 5.74) is 2.95. The normalized spacial score (nSPS) is 12.0. The molecule has 0 aliphatic carbocycles. The Labute approximate surface area is 89.4 Å². The molecule has 0 saturated carbocycles. The molecule has 0 bridgehead atoms. The molecule has 1 N–H and O–H groups in total. The maximum Gasteiger partial charge on any atom is 0.0812 e. The Balaban J connectivity index is 2.99. The van der Waals surface area contributed by atoms with Crippen LogP contribution in [0.3, 0.4) is 0 Å². The maximum absolute atomic E-state index is 5.41. The van der Waals surface area contributed by atoms with Crippen LogP contribution in [-0.4, -0.2) is 12.1 Å². The van der Waals surface area contributed by atoms with Crippen molar-refractivity contribution in [1.82, 2.24) is 5.48 Å². The zero-order valence-corrected chi connectivity index (χ0v) is 10.4. The highest BCUT2D eigenvalue weighted by Gasteiger charge is 2.08. The Kier molecular flexibility index (Phi) is 8.20. The molecule has 0 heterocycles. The number of hydrogen-bond donors (Lipinski definition) is 1. The molecular weight excluding hydrogens is 174 g/mol. The average Bonchev–Trinajstić information content (AvgIpc) is 2.08. The lowest BCUT2D eigenvalue weighted by molar-refractivity contribution is -0.0726. The summed E-state index contributed by atoms with van der Waals surface area (Å²) in [5.74, 6) is 0. The number of unbranched alkanes of at least 4 members (excludes halogenated alkanes) is 5. The zero-order chi connectivity index (χ0) is 10.9. The minimum Gasteiger partial charge on any atom is -0.296 e. The molecule has 0 aromatic carbocycles. The second kappa shape index (κ2) is 8.25. The lowest BCUT2D eigenvalue weighted by Crippen LogP contribution is -2.29. The fraction of sp³-hybridized carbons (Fsp3) is 1.00. The van der Waals surface area contributed by atoms with Crippen LogP contribution in [0.15, 0.2) is 0 Å². The third-order valence-electron chi connectivity index (χ3n) is 2.01. The highest BCUT2D eigenvalue weighted by molar-refractivity contribution is 4.56. The fourth-order valence-corrected chi connectivity index (χ4v) is 1.25. The van der Waals surface area contributed by atoms with Gasteiger partial charge in [0.2, 0.25) is 0 Å². The Morgan fingerprint density at radius 2 is 1.50 bits per heavy atom. The maximum atomic E-state index is 5.41. The van der Waals surface area contributed by atoms with Crippen molar-refractivity contribution in [3.63, 3.8) is 0 Å². The van der Waals surface area contributed by atoms with Crippen LogP contribution in [0.5, 0.6) is 0 Å². The molecule has 0 rings (SSSR count). The molecule has 0 aromatic heterocycles. The molecule has 0 aliphatic heterocycles. The molecule has 2 heteroatoms. The van der Waals surface area contributed by atoms with Gasteiger partial charge in [0.1, 0.15) is 0 Å². The molecule has 0 saturated heterocycles. The molecule has 0 aromatic rings. The molecule has 0 radical (unpaired) electrons. The number of hydroxylamine groups is 1. The molecule has 0 amide bonds. The van der Waals surface area contributed by atoms with Crippen LogP contribution >= 0.6 is 0 Å². The minimum absolute atomic E-state index is 0.0673. The van der Waals surface area contributed by atoms with Gasteiger partial charge in [-0.2, -0.15) is 0 Å². The van der Waals surface area contributed by atoms with E-state index in [9.17, 15) is 0 Å². The molecule has 86 valence electrons. The quantitative estimate of drug-likeness (QED) is 0.478. The van der Waals surface area contributed by atoms with Gasteiger partial charge in [0.25, 0.3) is 0 Å².